The van der Waals surface area contributed by atoms with Crippen molar-refractivity contribution in [2.75, 3.05) is 37.7 Å². The third-order valence-corrected chi connectivity index (χ3v) is 3.95. The van der Waals surface area contributed by atoms with Crippen LogP contribution in [-0.4, -0.2) is 65.3 Å². The average molecular weight is 364 g/mol. The Morgan fingerprint density at radius 3 is 2.04 bits per heavy atom. The Kier molecular flexibility index (Phi) is 6.05. The lowest BCUT2D eigenvalue weighted by atomic mass is 10.2. The number of esters is 1. The highest BCUT2D eigenvalue weighted by Gasteiger charge is 2.27. The molecule has 2 heterocycles. The number of piperazine rings is 1. The van der Waals surface area contributed by atoms with Crippen molar-refractivity contribution in [3.63, 3.8) is 0 Å². The predicted molar refractivity (Wildman–Crippen MR) is 97.5 cm³/mol. The Morgan fingerprint density at radius 2 is 1.58 bits per heavy atom. The number of rotatable bonds is 3. The minimum Gasteiger partial charge on any atom is -0.462 e. The van der Waals surface area contributed by atoms with Gasteiger partial charge in [-0.1, -0.05) is 0 Å². The Balaban J connectivity index is 2.06. The molecule has 1 aromatic rings. The SMILES string of the molecule is CCOC(=O)c1c(C)nc(N2CCN(C(=O)OC(C)(C)C)CC2)nc1C. The van der Waals surface area contributed by atoms with Crippen LogP contribution in [-0.2, 0) is 9.47 Å². The lowest BCUT2D eigenvalue weighted by molar-refractivity contribution is 0.0239. The van der Waals surface area contributed by atoms with Gasteiger partial charge in [-0.05, 0) is 41.5 Å². The van der Waals surface area contributed by atoms with Crippen LogP contribution in [0, 0.1) is 13.8 Å². The van der Waals surface area contributed by atoms with E-state index in [0.717, 1.165) is 0 Å². The van der Waals surface area contributed by atoms with Crippen LogP contribution in [0.3, 0.4) is 0 Å². The van der Waals surface area contributed by atoms with Crippen LogP contribution >= 0.6 is 0 Å². The van der Waals surface area contributed by atoms with Crippen molar-refractivity contribution in [1.29, 1.82) is 0 Å². The number of ether oxygens (including phenoxy) is 2. The van der Waals surface area contributed by atoms with Crippen LogP contribution in [0.5, 0.6) is 0 Å². The molecular formula is C18H28N4O4. The third-order valence-electron chi connectivity index (χ3n) is 3.95. The normalized spacial score (nSPS) is 15.0. The molecule has 1 amide bonds. The summed E-state index contributed by atoms with van der Waals surface area (Å²) in [6.07, 6.45) is -0.303. The van der Waals surface area contributed by atoms with Gasteiger partial charge in [0.15, 0.2) is 0 Å². The highest BCUT2D eigenvalue weighted by atomic mass is 16.6. The number of anilines is 1. The Labute approximate surface area is 154 Å². The van der Waals surface area contributed by atoms with Crippen LogP contribution in [0.1, 0.15) is 49.4 Å². The fourth-order valence-electron chi connectivity index (χ4n) is 2.75. The average Bonchev–Trinajstić information content (AvgIpc) is 2.53. The van der Waals surface area contributed by atoms with Crippen molar-refractivity contribution >= 4 is 18.0 Å². The highest BCUT2D eigenvalue weighted by Crippen LogP contribution is 2.19. The second kappa shape index (κ2) is 7.88. The second-order valence-corrected chi connectivity index (χ2v) is 7.24. The minimum absolute atomic E-state index is 0.303. The number of nitrogens with zero attached hydrogens (tertiary/aromatic N) is 4. The van der Waals surface area contributed by atoms with Crippen molar-refractivity contribution < 1.29 is 19.1 Å². The van der Waals surface area contributed by atoms with Crippen LogP contribution in [0.25, 0.3) is 0 Å². The molecule has 1 aromatic heterocycles. The van der Waals surface area contributed by atoms with E-state index in [0.29, 0.717) is 55.7 Å². The number of hydrogen-bond acceptors (Lipinski definition) is 7. The van der Waals surface area contributed by atoms with Crippen molar-refractivity contribution in [3.8, 4) is 0 Å². The third kappa shape index (κ3) is 4.83. The van der Waals surface area contributed by atoms with Crippen LogP contribution in [0.4, 0.5) is 10.7 Å². The van der Waals surface area contributed by atoms with Crippen LogP contribution in [0.2, 0.25) is 0 Å². The number of aryl methyl sites for hydroxylation is 2. The van der Waals surface area contributed by atoms with E-state index in [1.54, 1.807) is 25.7 Å². The molecule has 0 bridgehead atoms. The van der Waals surface area contributed by atoms with Gasteiger partial charge in [0.1, 0.15) is 11.2 Å². The first kappa shape index (κ1) is 19.9. The molecule has 0 unspecified atom stereocenters. The molecule has 26 heavy (non-hydrogen) atoms. The predicted octanol–water partition coefficient (Wildman–Crippen LogP) is 2.33. The van der Waals surface area contributed by atoms with Gasteiger partial charge in [-0.2, -0.15) is 0 Å². The smallest absolute Gasteiger partial charge is 0.410 e. The topological polar surface area (TPSA) is 84.9 Å². The summed E-state index contributed by atoms with van der Waals surface area (Å²) in [6, 6.07) is 0. The molecule has 0 spiro atoms. The summed E-state index contributed by atoms with van der Waals surface area (Å²) in [6.45, 7) is 13.5. The zero-order valence-electron chi connectivity index (χ0n) is 16.5. The summed E-state index contributed by atoms with van der Waals surface area (Å²) in [4.78, 5) is 36.8. The zero-order valence-corrected chi connectivity index (χ0v) is 16.5. The summed E-state index contributed by atoms with van der Waals surface area (Å²) in [7, 11) is 0. The van der Waals surface area contributed by atoms with Crippen molar-refractivity contribution in [2.24, 2.45) is 0 Å². The van der Waals surface area contributed by atoms with Gasteiger partial charge in [0.05, 0.1) is 18.0 Å². The standard InChI is InChI=1S/C18H28N4O4/c1-7-25-15(23)14-12(2)19-16(20-13(14)3)21-8-10-22(11-9-21)17(24)26-18(4,5)6/h7-11H2,1-6H3. The van der Waals surface area contributed by atoms with E-state index in [1.807, 2.05) is 25.7 Å². The summed E-state index contributed by atoms with van der Waals surface area (Å²) in [5.41, 5.74) is 1.11. The molecule has 1 aliphatic rings. The van der Waals surface area contributed by atoms with E-state index in [-0.39, 0.29) is 6.09 Å². The van der Waals surface area contributed by atoms with Crippen LogP contribution in [0.15, 0.2) is 0 Å². The maximum Gasteiger partial charge on any atom is 0.410 e. The van der Waals surface area contributed by atoms with Crippen LogP contribution < -0.4 is 4.90 Å². The van der Waals surface area contributed by atoms with Gasteiger partial charge in [-0.3, -0.25) is 0 Å². The Hall–Kier alpha value is -2.38. The number of carbonyl (C=O) groups excluding carboxylic acids is 2. The summed E-state index contributed by atoms with van der Waals surface area (Å²) in [5, 5.41) is 0. The molecule has 1 saturated heterocycles. The fraction of sp³-hybridized carbons (Fsp3) is 0.667. The van der Waals surface area contributed by atoms with Crippen molar-refractivity contribution in [1.82, 2.24) is 14.9 Å². The van der Waals surface area contributed by atoms with Gasteiger partial charge >= 0.3 is 12.1 Å². The second-order valence-electron chi connectivity index (χ2n) is 7.24. The number of carbonyl (C=O) groups is 2. The van der Waals surface area contributed by atoms with E-state index in [4.69, 9.17) is 9.47 Å². The molecule has 0 atom stereocenters. The first-order valence-electron chi connectivity index (χ1n) is 8.87. The summed E-state index contributed by atoms with van der Waals surface area (Å²) < 4.78 is 10.5. The molecule has 1 fully saturated rings. The lowest BCUT2D eigenvalue weighted by Gasteiger charge is -2.35. The fourth-order valence-corrected chi connectivity index (χ4v) is 2.75. The molecule has 0 aromatic carbocycles. The molecule has 2 rings (SSSR count). The molecule has 0 N–H and O–H groups in total. The highest BCUT2D eigenvalue weighted by molar-refractivity contribution is 5.91. The van der Waals surface area contributed by atoms with Gasteiger partial charge in [0.2, 0.25) is 5.95 Å². The van der Waals surface area contributed by atoms with Gasteiger partial charge in [-0.25, -0.2) is 19.6 Å². The molecule has 0 radical (unpaired) electrons. The number of amides is 1. The largest absolute Gasteiger partial charge is 0.462 e. The quantitative estimate of drug-likeness (QED) is 0.761. The van der Waals surface area contributed by atoms with E-state index >= 15 is 0 Å². The lowest BCUT2D eigenvalue weighted by Crippen LogP contribution is -2.50. The van der Waals surface area contributed by atoms with Gasteiger partial charge < -0.3 is 19.3 Å². The summed E-state index contributed by atoms with van der Waals surface area (Å²) >= 11 is 0. The maximum atomic E-state index is 12.1. The number of aromatic nitrogens is 2. The Morgan fingerprint density at radius 1 is 1.04 bits per heavy atom. The molecule has 8 heteroatoms. The first-order chi connectivity index (χ1) is 12.1. The van der Waals surface area contributed by atoms with Gasteiger partial charge in [-0.15, -0.1) is 0 Å². The monoisotopic (exact) mass is 364 g/mol. The molecule has 1 aliphatic heterocycles. The molecule has 144 valence electrons. The van der Waals surface area contributed by atoms with E-state index in [1.165, 1.54) is 0 Å². The molecule has 8 nitrogen and oxygen atoms in total. The minimum atomic E-state index is -0.505. The van der Waals surface area contributed by atoms with Crippen molar-refractivity contribution in [2.45, 2.75) is 47.1 Å². The molecule has 0 saturated carbocycles. The first-order valence-corrected chi connectivity index (χ1v) is 8.87. The van der Waals surface area contributed by atoms with Crippen molar-refractivity contribution in [3.05, 3.63) is 17.0 Å². The molecule has 0 aliphatic carbocycles. The maximum absolute atomic E-state index is 12.1. The zero-order chi connectivity index (χ0) is 19.5. The van der Waals surface area contributed by atoms with Gasteiger partial charge in [0, 0.05) is 26.2 Å². The summed E-state index contributed by atoms with van der Waals surface area (Å²) in [5.74, 6) is 0.167. The van der Waals surface area contributed by atoms with E-state index in [2.05, 4.69) is 9.97 Å². The van der Waals surface area contributed by atoms with E-state index in [9.17, 15) is 9.59 Å². The van der Waals surface area contributed by atoms with E-state index < -0.39 is 11.6 Å². The molecular weight excluding hydrogens is 336 g/mol. The Bertz CT molecular complexity index is 653. The van der Waals surface area contributed by atoms with Gasteiger partial charge in [0.25, 0.3) is 0 Å². The number of hydrogen-bond donors (Lipinski definition) is 0.